The third-order valence-corrected chi connectivity index (χ3v) is 2.86. The highest BCUT2D eigenvalue weighted by atomic mass is 16.5. The number of carbonyl (C=O) groups excluding carboxylic acids is 1. The molecule has 0 aliphatic rings. The summed E-state index contributed by atoms with van der Waals surface area (Å²) >= 11 is 0. The summed E-state index contributed by atoms with van der Waals surface area (Å²) in [5, 5.41) is 15.6. The minimum Gasteiger partial charge on any atom is -0.491 e. The van der Waals surface area contributed by atoms with Crippen molar-refractivity contribution in [1.29, 1.82) is 0 Å². The zero-order valence-corrected chi connectivity index (χ0v) is 12.1. The first-order valence-corrected chi connectivity index (χ1v) is 6.80. The van der Waals surface area contributed by atoms with Gasteiger partial charge in [-0.05, 0) is 44.2 Å². The molecule has 0 fully saturated rings. The summed E-state index contributed by atoms with van der Waals surface area (Å²) in [6.45, 7) is 4.16. The summed E-state index contributed by atoms with van der Waals surface area (Å²) in [7, 11) is 0. The second kappa shape index (κ2) is 6.90. The van der Waals surface area contributed by atoms with Crippen LogP contribution in [0.15, 0.2) is 36.5 Å². The molecule has 2 rings (SSSR count). The van der Waals surface area contributed by atoms with Gasteiger partial charge in [0.1, 0.15) is 18.1 Å². The fraction of sp³-hybridized carbons (Fsp3) is 0.333. The maximum atomic E-state index is 12.2. The van der Waals surface area contributed by atoms with Crippen LogP contribution in [0.5, 0.6) is 5.75 Å². The smallest absolute Gasteiger partial charge is 0.273 e. The van der Waals surface area contributed by atoms with E-state index in [1.165, 1.54) is 0 Å². The number of nitrogens with zero attached hydrogens (tertiary/aromatic N) is 2. The number of ether oxygens (including phenoxy) is 1. The molecule has 1 aromatic heterocycles. The zero-order chi connectivity index (χ0) is 15.2. The Kier molecular flexibility index (Phi) is 4.94. The van der Waals surface area contributed by atoms with E-state index >= 15 is 0 Å². The zero-order valence-electron chi connectivity index (χ0n) is 12.1. The summed E-state index contributed by atoms with van der Waals surface area (Å²) in [6, 6.07) is 8.79. The van der Waals surface area contributed by atoms with E-state index in [4.69, 9.17) is 9.84 Å². The molecule has 0 unspecified atom stereocenters. The van der Waals surface area contributed by atoms with Crippen molar-refractivity contribution in [2.45, 2.75) is 19.9 Å². The van der Waals surface area contributed by atoms with Gasteiger partial charge in [-0.2, -0.15) is 5.10 Å². The second-order valence-electron chi connectivity index (χ2n) is 4.81. The van der Waals surface area contributed by atoms with Crippen LogP contribution in [0.2, 0.25) is 0 Å². The maximum Gasteiger partial charge on any atom is 0.273 e. The Labute approximate surface area is 123 Å². The van der Waals surface area contributed by atoms with Crippen LogP contribution in [-0.2, 0) is 0 Å². The van der Waals surface area contributed by atoms with E-state index in [0.29, 0.717) is 17.1 Å². The number of hydrogen-bond acceptors (Lipinski definition) is 4. The van der Waals surface area contributed by atoms with Crippen LogP contribution in [0, 0.1) is 0 Å². The van der Waals surface area contributed by atoms with E-state index in [2.05, 4.69) is 10.4 Å². The lowest BCUT2D eigenvalue weighted by atomic mass is 10.3. The lowest BCUT2D eigenvalue weighted by Gasteiger charge is -2.11. The van der Waals surface area contributed by atoms with E-state index in [-0.39, 0.29) is 25.2 Å². The molecule has 6 heteroatoms. The fourth-order valence-corrected chi connectivity index (χ4v) is 1.90. The minimum atomic E-state index is -0.203. The van der Waals surface area contributed by atoms with Crippen LogP contribution in [-0.4, -0.2) is 34.0 Å². The number of benzene rings is 1. The molecule has 0 bridgehead atoms. The molecule has 1 heterocycles. The summed E-state index contributed by atoms with van der Waals surface area (Å²) in [6.07, 6.45) is 1.61. The average molecular weight is 289 g/mol. The first-order chi connectivity index (χ1) is 10.1. The number of carbonyl (C=O) groups is 1. The van der Waals surface area contributed by atoms with Crippen LogP contribution in [0.25, 0.3) is 0 Å². The predicted octanol–water partition coefficient (Wildman–Crippen LogP) is 2.09. The number of anilines is 1. The summed E-state index contributed by atoms with van der Waals surface area (Å²) < 4.78 is 6.94. The predicted molar refractivity (Wildman–Crippen MR) is 79.6 cm³/mol. The first-order valence-electron chi connectivity index (χ1n) is 6.80. The normalized spacial score (nSPS) is 10.7. The number of rotatable bonds is 6. The molecule has 1 aromatic carbocycles. The number of nitrogens with one attached hydrogen (secondary N) is 1. The first kappa shape index (κ1) is 15.1. The highest BCUT2D eigenvalue weighted by Gasteiger charge is 2.14. The second-order valence-corrected chi connectivity index (χ2v) is 4.81. The molecule has 0 saturated carbocycles. The minimum absolute atomic E-state index is 0.0301. The Balaban J connectivity index is 2.04. The Bertz CT molecular complexity index is 590. The number of amides is 1. The summed E-state index contributed by atoms with van der Waals surface area (Å²) in [5.41, 5.74) is 1.19. The molecule has 0 atom stereocenters. The van der Waals surface area contributed by atoms with Crippen LogP contribution < -0.4 is 10.1 Å². The lowest BCUT2D eigenvalue weighted by molar-refractivity contribution is 0.101. The van der Waals surface area contributed by atoms with Crippen LogP contribution >= 0.6 is 0 Å². The topological polar surface area (TPSA) is 76.4 Å². The molecule has 0 aliphatic heterocycles. The third kappa shape index (κ3) is 3.82. The van der Waals surface area contributed by atoms with Crippen molar-refractivity contribution in [3.05, 3.63) is 42.2 Å². The van der Waals surface area contributed by atoms with Crippen molar-refractivity contribution in [3.63, 3.8) is 0 Å². The van der Waals surface area contributed by atoms with Gasteiger partial charge in [-0.1, -0.05) is 0 Å². The highest BCUT2D eigenvalue weighted by molar-refractivity contribution is 6.03. The van der Waals surface area contributed by atoms with Gasteiger partial charge < -0.3 is 15.2 Å². The molecule has 0 saturated heterocycles. The van der Waals surface area contributed by atoms with Gasteiger partial charge in [0.2, 0.25) is 0 Å². The fourth-order valence-electron chi connectivity index (χ4n) is 1.90. The van der Waals surface area contributed by atoms with E-state index in [0.717, 1.165) is 0 Å². The van der Waals surface area contributed by atoms with E-state index < -0.39 is 0 Å². The third-order valence-electron chi connectivity index (χ3n) is 2.86. The monoisotopic (exact) mass is 289 g/mol. The largest absolute Gasteiger partial charge is 0.491 e. The Morgan fingerprint density at radius 3 is 2.67 bits per heavy atom. The van der Waals surface area contributed by atoms with Gasteiger partial charge in [-0.3, -0.25) is 9.48 Å². The molecule has 21 heavy (non-hydrogen) atoms. The summed E-state index contributed by atoms with van der Waals surface area (Å²) in [4.78, 5) is 12.2. The Morgan fingerprint density at radius 1 is 1.33 bits per heavy atom. The molecular formula is C15H19N3O3. The van der Waals surface area contributed by atoms with Crippen molar-refractivity contribution >= 4 is 11.6 Å². The number of hydrogen-bond donors (Lipinski definition) is 2. The quantitative estimate of drug-likeness (QED) is 0.853. The van der Waals surface area contributed by atoms with Crippen molar-refractivity contribution in [2.24, 2.45) is 0 Å². The molecule has 2 aromatic rings. The van der Waals surface area contributed by atoms with Crippen LogP contribution in [0.4, 0.5) is 5.69 Å². The van der Waals surface area contributed by atoms with Crippen molar-refractivity contribution in [3.8, 4) is 5.75 Å². The Hall–Kier alpha value is -2.34. The maximum absolute atomic E-state index is 12.2. The molecule has 6 nitrogen and oxygen atoms in total. The number of aromatic nitrogens is 2. The molecular weight excluding hydrogens is 270 g/mol. The molecule has 0 spiro atoms. The molecule has 0 radical (unpaired) electrons. The van der Waals surface area contributed by atoms with Gasteiger partial charge in [0.25, 0.3) is 5.91 Å². The highest BCUT2D eigenvalue weighted by Crippen LogP contribution is 2.17. The molecule has 2 N–H and O–H groups in total. The Morgan fingerprint density at radius 2 is 2.05 bits per heavy atom. The van der Waals surface area contributed by atoms with Gasteiger partial charge in [0.05, 0.1) is 6.61 Å². The molecule has 112 valence electrons. The van der Waals surface area contributed by atoms with E-state index in [1.54, 1.807) is 41.2 Å². The number of aliphatic hydroxyl groups excluding tert-OH is 1. The van der Waals surface area contributed by atoms with Gasteiger partial charge in [-0.15, -0.1) is 0 Å². The standard InChI is InChI=1S/C15H19N3O3/c1-11(2)18-14(7-8-16-18)15(20)17-12-3-5-13(6-4-12)21-10-9-19/h3-8,11,19H,9-10H2,1-2H3,(H,17,20). The number of aliphatic hydroxyl groups is 1. The molecule has 0 aliphatic carbocycles. The van der Waals surface area contributed by atoms with Gasteiger partial charge in [0, 0.05) is 17.9 Å². The molecule has 1 amide bonds. The van der Waals surface area contributed by atoms with Crippen LogP contribution in [0.3, 0.4) is 0 Å². The van der Waals surface area contributed by atoms with Crippen molar-refractivity contribution < 1.29 is 14.6 Å². The van der Waals surface area contributed by atoms with Crippen molar-refractivity contribution in [2.75, 3.05) is 18.5 Å². The van der Waals surface area contributed by atoms with Gasteiger partial charge in [0.15, 0.2) is 0 Å². The van der Waals surface area contributed by atoms with Crippen molar-refractivity contribution in [1.82, 2.24) is 9.78 Å². The van der Waals surface area contributed by atoms with E-state index in [1.807, 2.05) is 13.8 Å². The van der Waals surface area contributed by atoms with E-state index in [9.17, 15) is 4.79 Å². The lowest BCUT2D eigenvalue weighted by Crippen LogP contribution is -2.18. The van der Waals surface area contributed by atoms with Crippen LogP contribution in [0.1, 0.15) is 30.4 Å². The average Bonchev–Trinajstić information content (AvgIpc) is 2.96. The van der Waals surface area contributed by atoms with Gasteiger partial charge >= 0.3 is 0 Å². The summed E-state index contributed by atoms with van der Waals surface area (Å²) in [5.74, 6) is 0.444. The van der Waals surface area contributed by atoms with Gasteiger partial charge in [-0.25, -0.2) is 0 Å². The SMILES string of the molecule is CC(C)n1nccc1C(=O)Nc1ccc(OCCO)cc1.